The monoisotopic (exact) mass is 400 g/mol. The van der Waals surface area contributed by atoms with Crippen molar-refractivity contribution in [2.45, 2.75) is 19.3 Å². The summed E-state index contributed by atoms with van der Waals surface area (Å²) in [4.78, 5) is 12.5. The van der Waals surface area contributed by atoms with Crippen LogP contribution in [0, 0.1) is 5.92 Å². The van der Waals surface area contributed by atoms with Gasteiger partial charge >= 0.3 is 6.03 Å². The van der Waals surface area contributed by atoms with Gasteiger partial charge in [0.05, 0.1) is 21.4 Å². The smallest absolute Gasteiger partial charge is 0.308 e. The van der Waals surface area contributed by atoms with E-state index in [0.717, 1.165) is 17.8 Å². The SMILES string of the molecule is O=C(Nc1ccc(Cl)c(Cl)c1)Nc1cc(CC2CC2)nn1-c1ccccc1. The number of para-hydroxylation sites is 1. The molecule has 0 radical (unpaired) electrons. The lowest BCUT2D eigenvalue weighted by Gasteiger charge is -2.10. The maximum Gasteiger partial charge on any atom is 0.324 e. The number of carbonyl (C=O) groups excluding carboxylic acids is 1. The van der Waals surface area contributed by atoms with Crippen LogP contribution in [-0.2, 0) is 6.42 Å². The first-order valence-electron chi connectivity index (χ1n) is 8.76. The van der Waals surface area contributed by atoms with Gasteiger partial charge in [-0.3, -0.25) is 5.32 Å². The Morgan fingerprint density at radius 3 is 2.52 bits per heavy atom. The third kappa shape index (κ3) is 4.43. The van der Waals surface area contributed by atoms with Crippen LogP contribution >= 0.6 is 23.2 Å². The number of halogens is 2. The Morgan fingerprint density at radius 2 is 1.81 bits per heavy atom. The molecule has 3 aromatic rings. The summed E-state index contributed by atoms with van der Waals surface area (Å²) in [5, 5.41) is 11.2. The van der Waals surface area contributed by atoms with Crippen LogP contribution in [0.4, 0.5) is 16.3 Å². The summed E-state index contributed by atoms with van der Waals surface area (Å²) in [7, 11) is 0. The first kappa shape index (κ1) is 17.9. The lowest BCUT2D eigenvalue weighted by molar-refractivity contribution is 0.262. The van der Waals surface area contributed by atoms with Gasteiger partial charge in [-0.05, 0) is 55.5 Å². The molecule has 1 heterocycles. The molecule has 1 saturated carbocycles. The van der Waals surface area contributed by atoms with Crippen LogP contribution in [0.25, 0.3) is 5.69 Å². The fourth-order valence-corrected chi connectivity index (χ4v) is 3.15. The number of nitrogens with one attached hydrogen (secondary N) is 2. The molecule has 1 aromatic heterocycles. The summed E-state index contributed by atoms with van der Waals surface area (Å²) >= 11 is 11.9. The zero-order valence-electron chi connectivity index (χ0n) is 14.5. The second kappa shape index (κ2) is 7.62. The van der Waals surface area contributed by atoms with Gasteiger partial charge in [0.25, 0.3) is 0 Å². The van der Waals surface area contributed by atoms with Crippen molar-refractivity contribution in [1.82, 2.24) is 9.78 Å². The van der Waals surface area contributed by atoms with Crippen LogP contribution in [0.3, 0.4) is 0 Å². The van der Waals surface area contributed by atoms with Crippen molar-refractivity contribution < 1.29 is 4.79 Å². The average molecular weight is 401 g/mol. The highest BCUT2D eigenvalue weighted by Crippen LogP contribution is 2.33. The van der Waals surface area contributed by atoms with Crippen molar-refractivity contribution in [2.24, 2.45) is 5.92 Å². The number of rotatable bonds is 5. The number of carbonyl (C=O) groups is 1. The Balaban J connectivity index is 1.55. The minimum absolute atomic E-state index is 0.372. The van der Waals surface area contributed by atoms with E-state index in [1.807, 2.05) is 36.4 Å². The Morgan fingerprint density at radius 1 is 1.04 bits per heavy atom. The summed E-state index contributed by atoms with van der Waals surface area (Å²) in [6, 6.07) is 16.2. The van der Waals surface area contributed by atoms with E-state index in [-0.39, 0.29) is 6.03 Å². The molecule has 1 aliphatic carbocycles. The van der Waals surface area contributed by atoms with E-state index >= 15 is 0 Å². The van der Waals surface area contributed by atoms with E-state index in [4.69, 9.17) is 23.2 Å². The van der Waals surface area contributed by atoms with E-state index in [2.05, 4.69) is 15.7 Å². The molecule has 1 fully saturated rings. The highest BCUT2D eigenvalue weighted by Gasteiger charge is 2.24. The molecule has 0 aliphatic heterocycles. The molecule has 7 heteroatoms. The predicted molar refractivity (Wildman–Crippen MR) is 109 cm³/mol. The van der Waals surface area contributed by atoms with Gasteiger partial charge < -0.3 is 5.32 Å². The molecule has 27 heavy (non-hydrogen) atoms. The number of anilines is 2. The first-order chi connectivity index (χ1) is 13.1. The van der Waals surface area contributed by atoms with E-state index in [0.29, 0.717) is 27.5 Å². The molecule has 1 aliphatic rings. The van der Waals surface area contributed by atoms with Gasteiger partial charge in [0.15, 0.2) is 0 Å². The molecule has 2 aromatic carbocycles. The quantitative estimate of drug-likeness (QED) is 0.570. The Kier molecular flexibility index (Phi) is 5.05. The van der Waals surface area contributed by atoms with E-state index in [1.54, 1.807) is 22.9 Å². The van der Waals surface area contributed by atoms with Crippen LogP contribution < -0.4 is 10.6 Å². The molecule has 2 amide bonds. The fraction of sp³-hybridized carbons (Fsp3) is 0.200. The van der Waals surface area contributed by atoms with Crippen molar-refractivity contribution in [3.63, 3.8) is 0 Å². The third-order valence-electron chi connectivity index (χ3n) is 4.37. The summed E-state index contributed by atoms with van der Waals surface area (Å²) in [6.07, 6.45) is 3.43. The maximum absolute atomic E-state index is 12.5. The lowest BCUT2D eigenvalue weighted by atomic mass is 10.2. The number of amides is 2. The lowest BCUT2D eigenvalue weighted by Crippen LogP contribution is -2.21. The minimum atomic E-state index is -0.372. The number of aromatic nitrogens is 2. The molecule has 0 spiro atoms. The van der Waals surface area contributed by atoms with E-state index in [1.165, 1.54) is 12.8 Å². The molecule has 5 nitrogen and oxygen atoms in total. The van der Waals surface area contributed by atoms with Crippen LogP contribution in [-0.4, -0.2) is 15.8 Å². The van der Waals surface area contributed by atoms with Gasteiger partial charge in [-0.2, -0.15) is 5.10 Å². The number of hydrogen-bond acceptors (Lipinski definition) is 2. The summed E-state index contributed by atoms with van der Waals surface area (Å²) in [5.74, 6) is 1.33. The largest absolute Gasteiger partial charge is 0.324 e. The minimum Gasteiger partial charge on any atom is -0.308 e. The Labute approximate surface area is 167 Å². The van der Waals surface area contributed by atoms with Gasteiger partial charge in [0.1, 0.15) is 5.82 Å². The highest BCUT2D eigenvalue weighted by atomic mass is 35.5. The van der Waals surface area contributed by atoms with Crippen LogP contribution in [0.2, 0.25) is 10.0 Å². The molecule has 0 unspecified atom stereocenters. The zero-order valence-corrected chi connectivity index (χ0v) is 16.0. The average Bonchev–Trinajstić information content (AvgIpc) is 3.38. The molecule has 2 N–H and O–H groups in total. The molecular formula is C20H18Cl2N4O. The Bertz CT molecular complexity index is 967. The second-order valence-electron chi connectivity index (χ2n) is 6.62. The normalized spacial score (nSPS) is 13.4. The molecule has 0 bridgehead atoms. The topological polar surface area (TPSA) is 59.0 Å². The third-order valence-corrected chi connectivity index (χ3v) is 5.11. The van der Waals surface area contributed by atoms with Gasteiger partial charge in [0, 0.05) is 11.8 Å². The number of hydrogen-bond donors (Lipinski definition) is 2. The summed E-state index contributed by atoms with van der Waals surface area (Å²) < 4.78 is 1.76. The molecule has 138 valence electrons. The van der Waals surface area contributed by atoms with Crippen molar-refractivity contribution in [3.05, 3.63) is 70.3 Å². The van der Waals surface area contributed by atoms with E-state index < -0.39 is 0 Å². The van der Waals surface area contributed by atoms with Gasteiger partial charge in [0.2, 0.25) is 0 Å². The number of urea groups is 1. The highest BCUT2D eigenvalue weighted by molar-refractivity contribution is 6.42. The molecular weight excluding hydrogens is 383 g/mol. The van der Waals surface area contributed by atoms with Crippen molar-refractivity contribution >= 4 is 40.7 Å². The van der Waals surface area contributed by atoms with Crippen LogP contribution in [0.5, 0.6) is 0 Å². The van der Waals surface area contributed by atoms with Gasteiger partial charge in [-0.15, -0.1) is 0 Å². The summed E-state index contributed by atoms with van der Waals surface area (Å²) in [6.45, 7) is 0. The molecule has 4 rings (SSSR count). The Hall–Kier alpha value is -2.50. The fourth-order valence-electron chi connectivity index (χ4n) is 2.86. The zero-order chi connectivity index (χ0) is 18.8. The van der Waals surface area contributed by atoms with Crippen molar-refractivity contribution in [2.75, 3.05) is 10.6 Å². The van der Waals surface area contributed by atoms with Gasteiger partial charge in [-0.25, -0.2) is 9.48 Å². The summed E-state index contributed by atoms with van der Waals surface area (Å²) in [5.41, 5.74) is 2.43. The first-order valence-corrected chi connectivity index (χ1v) is 9.51. The predicted octanol–water partition coefficient (Wildman–Crippen LogP) is 5.78. The second-order valence-corrected chi connectivity index (χ2v) is 7.44. The van der Waals surface area contributed by atoms with Crippen LogP contribution in [0.1, 0.15) is 18.5 Å². The van der Waals surface area contributed by atoms with Crippen LogP contribution in [0.15, 0.2) is 54.6 Å². The van der Waals surface area contributed by atoms with Gasteiger partial charge in [-0.1, -0.05) is 41.4 Å². The van der Waals surface area contributed by atoms with E-state index in [9.17, 15) is 4.79 Å². The number of benzene rings is 2. The molecule has 0 saturated heterocycles. The van der Waals surface area contributed by atoms with Crippen molar-refractivity contribution in [1.29, 1.82) is 0 Å². The maximum atomic E-state index is 12.5. The molecule has 0 atom stereocenters. The number of nitrogens with zero attached hydrogens (tertiary/aromatic N) is 2. The standard InChI is InChI=1S/C20H18Cl2N4O/c21-17-9-8-14(11-18(17)22)23-20(27)24-19-12-15(10-13-6-7-13)25-26(19)16-4-2-1-3-5-16/h1-5,8-9,11-13H,6-7,10H2,(H2,23,24,27). The van der Waals surface area contributed by atoms with Crippen molar-refractivity contribution in [3.8, 4) is 5.69 Å².